The zero-order chi connectivity index (χ0) is 14.7. The molecule has 1 aliphatic rings. The molecule has 1 fully saturated rings. The molecule has 0 spiro atoms. The number of likely N-dealkylation sites (tertiary alicyclic amines) is 1. The fourth-order valence-electron chi connectivity index (χ4n) is 2.82. The predicted molar refractivity (Wildman–Crippen MR) is 73.5 cm³/mol. The lowest BCUT2D eigenvalue weighted by molar-refractivity contribution is -0.151. The van der Waals surface area contributed by atoms with Crippen molar-refractivity contribution < 1.29 is 19.4 Å². The van der Waals surface area contributed by atoms with Crippen molar-refractivity contribution in [1.82, 2.24) is 4.90 Å². The molecule has 1 heterocycles. The Bertz CT molecular complexity index is 512. The minimum absolute atomic E-state index is 0.0119. The lowest BCUT2D eigenvalue weighted by atomic mass is 9.84. The van der Waals surface area contributed by atoms with Crippen LogP contribution in [0.15, 0.2) is 24.3 Å². The molecule has 0 aromatic heterocycles. The molecular formula is C15H19NO4. The summed E-state index contributed by atoms with van der Waals surface area (Å²) in [6.45, 7) is 2.37. The number of carboxylic acid groups (broad SMARTS) is 1. The van der Waals surface area contributed by atoms with Gasteiger partial charge in [-0.25, -0.2) is 0 Å². The van der Waals surface area contributed by atoms with Crippen LogP contribution in [0.3, 0.4) is 0 Å². The summed E-state index contributed by atoms with van der Waals surface area (Å²) in [4.78, 5) is 25.2. The molecule has 0 saturated carbocycles. The predicted octanol–water partition coefficient (Wildman–Crippen LogP) is 2.08. The summed E-state index contributed by atoms with van der Waals surface area (Å²) >= 11 is 0. The van der Waals surface area contributed by atoms with Crippen molar-refractivity contribution in [1.29, 1.82) is 0 Å². The maximum absolute atomic E-state index is 12.0. The van der Waals surface area contributed by atoms with Gasteiger partial charge in [-0.3, -0.25) is 9.59 Å². The van der Waals surface area contributed by atoms with E-state index in [1.54, 1.807) is 18.1 Å². The smallest absolute Gasteiger partial charge is 0.308 e. The molecule has 5 heteroatoms. The Labute approximate surface area is 118 Å². The minimum atomic E-state index is -0.858. The number of methoxy groups -OCH3 is 1. The summed E-state index contributed by atoms with van der Waals surface area (Å²) in [5.74, 6) is -0.748. The van der Waals surface area contributed by atoms with Gasteiger partial charge in [-0.15, -0.1) is 0 Å². The number of benzene rings is 1. The number of carbonyl (C=O) groups is 2. The van der Waals surface area contributed by atoms with Gasteiger partial charge in [-0.1, -0.05) is 12.1 Å². The first-order valence-corrected chi connectivity index (χ1v) is 6.74. The van der Waals surface area contributed by atoms with Crippen molar-refractivity contribution in [2.45, 2.75) is 25.8 Å². The number of aliphatic carboxylic acids is 1. The highest BCUT2D eigenvalue weighted by atomic mass is 16.5. The quantitative estimate of drug-likeness (QED) is 0.915. The van der Waals surface area contributed by atoms with Crippen molar-refractivity contribution in [3.05, 3.63) is 29.8 Å². The average Bonchev–Trinajstić information content (AvgIpc) is 2.46. The highest BCUT2D eigenvalue weighted by Crippen LogP contribution is 2.37. The van der Waals surface area contributed by atoms with Gasteiger partial charge in [0.25, 0.3) is 0 Å². The van der Waals surface area contributed by atoms with Gasteiger partial charge in [0.2, 0.25) is 5.91 Å². The summed E-state index contributed by atoms with van der Waals surface area (Å²) < 4.78 is 5.19. The van der Waals surface area contributed by atoms with Crippen molar-refractivity contribution in [3.8, 4) is 5.75 Å². The summed E-state index contributed by atoms with van der Waals surface area (Å²) in [6, 6.07) is 6.86. The van der Waals surface area contributed by atoms with Crippen LogP contribution in [-0.2, 0) is 9.59 Å². The van der Waals surface area contributed by atoms with E-state index in [0.717, 1.165) is 5.56 Å². The Hall–Kier alpha value is -2.04. The summed E-state index contributed by atoms with van der Waals surface area (Å²) in [5, 5.41) is 9.43. The maximum atomic E-state index is 12.0. The number of nitrogens with zero attached hydrogens (tertiary/aromatic N) is 1. The zero-order valence-electron chi connectivity index (χ0n) is 11.7. The number of amides is 1. The third-order valence-electron chi connectivity index (χ3n) is 3.80. The van der Waals surface area contributed by atoms with Crippen molar-refractivity contribution in [3.63, 3.8) is 0 Å². The number of carboxylic acids is 1. The first-order valence-electron chi connectivity index (χ1n) is 6.74. The lowest BCUT2D eigenvalue weighted by Crippen LogP contribution is -2.45. The van der Waals surface area contributed by atoms with Gasteiger partial charge < -0.3 is 14.7 Å². The summed E-state index contributed by atoms with van der Waals surface area (Å²) in [7, 11) is 1.57. The van der Waals surface area contributed by atoms with Crippen LogP contribution in [0.25, 0.3) is 0 Å². The highest BCUT2D eigenvalue weighted by molar-refractivity contribution is 5.81. The third-order valence-corrected chi connectivity index (χ3v) is 3.80. The second kappa shape index (κ2) is 5.94. The fourth-order valence-corrected chi connectivity index (χ4v) is 2.82. The normalized spacial score (nSPS) is 22.7. The molecule has 20 heavy (non-hydrogen) atoms. The van der Waals surface area contributed by atoms with E-state index in [1.165, 1.54) is 0 Å². The molecule has 108 valence electrons. The van der Waals surface area contributed by atoms with E-state index in [9.17, 15) is 14.7 Å². The first kappa shape index (κ1) is 14.4. The molecule has 0 aliphatic carbocycles. The Balaban J connectivity index is 2.43. The van der Waals surface area contributed by atoms with Crippen LogP contribution in [0.4, 0.5) is 0 Å². The monoisotopic (exact) mass is 277 g/mol. The zero-order valence-corrected chi connectivity index (χ0v) is 11.7. The van der Waals surface area contributed by atoms with Gasteiger partial charge in [0.1, 0.15) is 5.75 Å². The van der Waals surface area contributed by atoms with Crippen LogP contribution in [0.2, 0.25) is 0 Å². The van der Waals surface area contributed by atoms with Gasteiger partial charge in [-0.05, 0) is 31.0 Å². The second-order valence-corrected chi connectivity index (χ2v) is 4.88. The molecule has 1 aromatic carbocycles. The molecule has 2 atom stereocenters. The van der Waals surface area contributed by atoms with Crippen LogP contribution in [0, 0.1) is 5.92 Å². The standard InChI is InChI=1S/C15H19NO4/c1-3-16-13(17)8-7-12(15(18)19)14(16)10-5-4-6-11(9-10)20-2/h4-6,9,12,14H,3,7-8H2,1-2H3,(H,18,19)/t12-,14-/m1/s1. The fraction of sp³-hybridized carbons (Fsp3) is 0.467. The van der Waals surface area contributed by atoms with E-state index >= 15 is 0 Å². The molecule has 1 amide bonds. The maximum Gasteiger partial charge on any atom is 0.308 e. The molecule has 1 N–H and O–H groups in total. The topological polar surface area (TPSA) is 66.8 Å². The molecule has 1 saturated heterocycles. The van der Waals surface area contributed by atoms with Gasteiger partial charge in [0.15, 0.2) is 0 Å². The van der Waals surface area contributed by atoms with Gasteiger partial charge in [0.05, 0.1) is 19.1 Å². The number of ether oxygens (including phenoxy) is 1. The Morgan fingerprint density at radius 3 is 2.85 bits per heavy atom. The van der Waals surface area contributed by atoms with Crippen LogP contribution >= 0.6 is 0 Å². The van der Waals surface area contributed by atoms with Crippen LogP contribution in [0.1, 0.15) is 31.4 Å². The molecule has 0 bridgehead atoms. The van der Waals surface area contributed by atoms with E-state index < -0.39 is 17.9 Å². The van der Waals surface area contributed by atoms with E-state index in [4.69, 9.17) is 4.74 Å². The Morgan fingerprint density at radius 2 is 2.25 bits per heavy atom. The second-order valence-electron chi connectivity index (χ2n) is 4.88. The number of carbonyl (C=O) groups excluding carboxylic acids is 1. The van der Waals surface area contributed by atoms with Crippen LogP contribution < -0.4 is 4.74 Å². The van der Waals surface area contributed by atoms with E-state index in [0.29, 0.717) is 25.1 Å². The van der Waals surface area contributed by atoms with Crippen molar-refractivity contribution in [2.24, 2.45) is 5.92 Å². The van der Waals surface area contributed by atoms with Gasteiger partial charge in [-0.2, -0.15) is 0 Å². The molecule has 1 aliphatic heterocycles. The number of hydrogen-bond donors (Lipinski definition) is 1. The Morgan fingerprint density at radius 1 is 1.50 bits per heavy atom. The van der Waals surface area contributed by atoms with Crippen molar-refractivity contribution in [2.75, 3.05) is 13.7 Å². The lowest BCUT2D eigenvalue weighted by Gasteiger charge is -2.39. The molecule has 2 rings (SSSR count). The SMILES string of the molecule is CCN1C(=O)CC[C@@H](C(=O)O)[C@H]1c1cccc(OC)c1. The minimum Gasteiger partial charge on any atom is -0.497 e. The number of rotatable bonds is 4. The van der Waals surface area contributed by atoms with E-state index in [-0.39, 0.29) is 5.91 Å². The molecule has 0 unspecified atom stereocenters. The summed E-state index contributed by atoms with van der Waals surface area (Å²) in [5.41, 5.74) is 0.812. The van der Waals surface area contributed by atoms with Crippen LogP contribution in [-0.4, -0.2) is 35.5 Å². The van der Waals surface area contributed by atoms with Crippen molar-refractivity contribution >= 4 is 11.9 Å². The van der Waals surface area contributed by atoms with Gasteiger partial charge in [0, 0.05) is 13.0 Å². The van der Waals surface area contributed by atoms with E-state index in [1.807, 2.05) is 25.1 Å². The summed E-state index contributed by atoms with van der Waals surface area (Å²) in [6.07, 6.45) is 0.678. The number of piperidine rings is 1. The third kappa shape index (κ3) is 2.61. The van der Waals surface area contributed by atoms with Crippen LogP contribution in [0.5, 0.6) is 5.75 Å². The highest BCUT2D eigenvalue weighted by Gasteiger charge is 2.40. The van der Waals surface area contributed by atoms with Gasteiger partial charge >= 0.3 is 5.97 Å². The largest absolute Gasteiger partial charge is 0.497 e. The number of hydrogen-bond acceptors (Lipinski definition) is 3. The van der Waals surface area contributed by atoms with E-state index in [2.05, 4.69) is 0 Å². The molecule has 1 aromatic rings. The Kier molecular flexibility index (Phi) is 4.27. The molecule has 5 nitrogen and oxygen atoms in total. The molecular weight excluding hydrogens is 258 g/mol. The first-order chi connectivity index (χ1) is 9.58. The molecule has 0 radical (unpaired) electrons. The average molecular weight is 277 g/mol.